The average molecular weight is 320 g/mol. The van der Waals surface area contributed by atoms with Gasteiger partial charge in [0.15, 0.2) is 0 Å². The van der Waals surface area contributed by atoms with Crippen LogP contribution in [-0.2, 0) is 11.8 Å². The molecule has 1 aliphatic carbocycles. The van der Waals surface area contributed by atoms with E-state index in [0.717, 1.165) is 44.2 Å². The molecule has 1 aromatic heterocycles. The van der Waals surface area contributed by atoms with E-state index in [9.17, 15) is 9.90 Å². The number of hydrogen-bond acceptors (Lipinski definition) is 4. The second-order valence-electron chi connectivity index (χ2n) is 7.17. The summed E-state index contributed by atoms with van der Waals surface area (Å²) in [4.78, 5) is 20.6. The summed E-state index contributed by atoms with van der Waals surface area (Å²) in [7, 11) is 3.83. The van der Waals surface area contributed by atoms with Gasteiger partial charge in [-0.3, -0.25) is 9.69 Å². The molecule has 0 aromatic carbocycles. The highest BCUT2D eigenvalue weighted by Crippen LogP contribution is 2.30. The lowest BCUT2D eigenvalue weighted by atomic mass is 9.90. The van der Waals surface area contributed by atoms with Crippen LogP contribution in [0.5, 0.6) is 0 Å². The first-order chi connectivity index (χ1) is 11.0. The first-order valence-electron chi connectivity index (χ1n) is 8.66. The first-order valence-corrected chi connectivity index (χ1v) is 8.66. The van der Waals surface area contributed by atoms with E-state index in [1.54, 1.807) is 6.20 Å². The summed E-state index contributed by atoms with van der Waals surface area (Å²) in [6.07, 6.45) is 7.44. The molecule has 1 saturated carbocycles. The molecule has 2 aliphatic rings. The second kappa shape index (κ2) is 7.01. The average Bonchev–Trinajstić information content (AvgIpc) is 3.25. The molecule has 128 valence electrons. The van der Waals surface area contributed by atoms with Crippen LogP contribution in [0.25, 0.3) is 0 Å². The number of aryl methyl sites for hydroxylation is 1. The lowest BCUT2D eigenvalue weighted by Crippen LogP contribution is -2.43. The van der Waals surface area contributed by atoms with Crippen LogP contribution < -0.4 is 0 Å². The van der Waals surface area contributed by atoms with Crippen molar-refractivity contribution in [1.29, 1.82) is 0 Å². The standard InChI is InChI=1S/C17H28N4O2/c1-19-10-7-18-17(19)16(23)14-5-8-21(9-6-14)12-15(22)20(2)11-13-3-4-13/h7,10,13-14,16,23H,3-6,8-9,11-12H2,1-2H3. The van der Waals surface area contributed by atoms with Crippen molar-refractivity contribution < 1.29 is 9.90 Å². The summed E-state index contributed by atoms with van der Waals surface area (Å²) in [5, 5.41) is 10.5. The van der Waals surface area contributed by atoms with Gasteiger partial charge in [-0.15, -0.1) is 0 Å². The van der Waals surface area contributed by atoms with Gasteiger partial charge in [0.1, 0.15) is 11.9 Å². The molecular weight excluding hydrogens is 292 g/mol. The molecule has 1 aliphatic heterocycles. The van der Waals surface area contributed by atoms with Gasteiger partial charge >= 0.3 is 0 Å². The predicted molar refractivity (Wildman–Crippen MR) is 87.7 cm³/mol. The number of aromatic nitrogens is 2. The molecule has 6 heteroatoms. The van der Waals surface area contributed by atoms with E-state index in [1.165, 1.54) is 12.8 Å². The van der Waals surface area contributed by atoms with Crippen molar-refractivity contribution in [2.45, 2.75) is 31.8 Å². The van der Waals surface area contributed by atoms with E-state index in [4.69, 9.17) is 0 Å². The van der Waals surface area contributed by atoms with Crippen molar-refractivity contribution in [2.24, 2.45) is 18.9 Å². The van der Waals surface area contributed by atoms with E-state index in [-0.39, 0.29) is 11.8 Å². The van der Waals surface area contributed by atoms with Gasteiger partial charge in [0.05, 0.1) is 6.54 Å². The summed E-state index contributed by atoms with van der Waals surface area (Å²) in [5.74, 6) is 1.93. The van der Waals surface area contributed by atoms with Crippen LogP contribution in [0.2, 0.25) is 0 Å². The third kappa shape index (κ3) is 4.12. The summed E-state index contributed by atoms with van der Waals surface area (Å²) in [6, 6.07) is 0. The van der Waals surface area contributed by atoms with Crippen molar-refractivity contribution in [3.8, 4) is 0 Å². The maximum atomic E-state index is 12.2. The maximum absolute atomic E-state index is 12.2. The molecule has 1 aromatic rings. The van der Waals surface area contributed by atoms with E-state index in [2.05, 4.69) is 9.88 Å². The van der Waals surface area contributed by atoms with E-state index >= 15 is 0 Å². The molecule has 1 unspecified atom stereocenters. The highest BCUT2D eigenvalue weighted by Gasteiger charge is 2.30. The monoisotopic (exact) mass is 320 g/mol. The molecule has 3 rings (SSSR count). The Morgan fingerprint density at radius 1 is 1.39 bits per heavy atom. The summed E-state index contributed by atoms with van der Waals surface area (Å²) >= 11 is 0. The number of aliphatic hydroxyl groups is 1. The van der Waals surface area contributed by atoms with Crippen molar-refractivity contribution in [3.05, 3.63) is 18.2 Å². The van der Waals surface area contributed by atoms with E-state index in [1.807, 2.05) is 29.8 Å². The van der Waals surface area contributed by atoms with Crippen molar-refractivity contribution in [3.63, 3.8) is 0 Å². The van der Waals surface area contributed by atoms with Crippen LogP contribution in [-0.4, -0.2) is 63.6 Å². The maximum Gasteiger partial charge on any atom is 0.236 e. The van der Waals surface area contributed by atoms with Gasteiger partial charge < -0.3 is 14.6 Å². The summed E-state index contributed by atoms with van der Waals surface area (Å²) in [5.41, 5.74) is 0. The number of aliphatic hydroxyl groups excluding tert-OH is 1. The first kappa shape index (κ1) is 16.5. The largest absolute Gasteiger partial charge is 0.385 e. The Morgan fingerprint density at radius 2 is 2.09 bits per heavy atom. The zero-order valence-corrected chi connectivity index (χ0v) is 14.2. The summed E-state index contributed by atoms with van der Waals surface area (Å²) in [6.45, 7) is 3.16. The summed E-state index contributed by atoms with van der Waals surface area (Å²) < 4.78 is 1.88. The Hall–Kier alpha value is -1.40. The minimum atomic E-state index is -0.509. The molecule has 6 nitrogen and oxygen atoms in total. The minimum Gasteiger partial charge on any atom is -0.385 e. The third-order valence-electron chi connectivity index (χ3n) is 5.22. The molecule has 1 atom stereocenters. The van der Waals surface area contributed by atoms with Crippen molar-refractivity contribution in [1.82, 2.24) is 19.4 Å². The Morgan fingerprint density at radius 3 is 2.65 bits per heavy atom. The van der Waals surface area contributed by atoms with Crippen molar-refractivity contribution >= 4 is 5.91 Å². The van der Waals surface area contributed by atoms with Gasteiger partial charge in [-0.25, -0.2) is 4.98 Å². The number of likely N-dealkylation sites (tertiary alicyclic amines) is 1. The Labute approximate surface area is 138 Å². The van der Waals surface area contributed by atoms with Crippen LogP contribution >= 0.6 is 0 Å². The fraction of sp³-hybridized carbons (Fsp3) is 0.765. The number of rotatable bonds is 6. The highest BCUT2D eigenvalue weighted by atomic mass is 16.3. The molecular formula is C17H28N4O2. The topological polar surface area (TPSA) is 61.6 Å². The Balaban J connectivity index is 1.44. The predicted octanol–water partition coefficient (Wildman–Crippen LogP) is 1.03. The lowest BCUT2D eigenvalue weighted by Gasteiger charge is -2.34. The minimum absolute atomic E-state index is 0.222. The van der Waals surface area contributed by atoms with Gasteiger partial charge in [-0.2, -0.15) is 0 Å². The fourth-order valence-corrected chi connectivity index (χ4v) is 3.40. The molecule has 2 fully saturated rings. The van der Waals surface area contributed by atoms with Gasteiger partial charge in [0.2, 0.25) is 5.91 Å². The van der Waals surface area contributed by atoms with Crippen LogP contribution in [0.1, 0.15) is 37.6 Å². The molecule has 2 heterocycles. The fourth-order valence-electron chi connectivity index (χ4n) is 3.40. The Kier molecular flexibility index (Phi) is 5.02. The molecule has 0 spiro atoms. The smallest absolute Gasteiger partial charge is 0.236 e. The number of likely N-dealkylation sites (N-methyl/N-ethyl adjacent to an activating group) is 1. The number of carbonyl (C=O) groups is 1. The zero-order valence-electron chi connectivity index (χ0n) is 14.2. The van der Waals surface area contributed by atoms with Crippen LogP contribution in [0.3, 0.4) is 0 Å². The number of piperidine rings is 1. The number of hydrogen-bond donors (Lipinski definition) is 1. The number of amides is 1. The Bertz CT molecular complexity index is 532. The van der Waals surface area contributed by atoms with Crippen molar-refractivity contribution in [2.75, 3.05) is 33.2 Å². The lowest BCUT2D eigenvalue weighted by molar-refractivity contribution is -0.131. The SMILES string of the molecule is CN(CC1CC1)C(=O)CN1CCC(C(O)c2nccn2C)CC1. The van der Waals surface area contributed by atoms with Crippen LogP contribution in [0.15, 0.2) is 12.4 Å². The zero-order chi connectivity index (χ0) is 16.4. The van der Waals surface area contributed by atoms with E-state index in [0.29, 0.717) is 6.54 Å². The molecule has 1 N–H and O–H groups in total. The molecule has 1 saturated heterocycles. The quantitative estimate of drug-likeness (QED) is 0.850. The van der Waals surface area contributed by atoms with Crippen LogP contribution in [0.4, 0.5) is 0 Å². The molecule has 0 bridgehead atoms. The van der Waals surface area contributed by atoms with E-state index < -0.39 is 6.10 Å². The van der Waals surface area contributed by atoms with Gasteiger partial charge in [-0.1, -0.05) is 0 Å². The molecule has 0 radical (unpaired) electrons. The van der Waals surface area contributed by atoms with Gasteiger partial charge in [-0.05, 0) is 50.6 Å². The number of carbonyl (C=O) groups excluding carboxylic acids is 1. The molecule has 23 heavy (non-hydrogen) atoms. The normalized spacial score (nSPS) is 21.3. The molecule has 1 amide bonds. The van der Waals surface area contributed by atoms with Gasteiger partial charge in [0, 0.05) is 33.0 Å². The highest BCUT2D eigenvalue weighted by molar-refractivity contribution is 5.78. The third-order valence-corrected chi connectivity index (χ3v) is 5.22. The van der Waals surface area contributed by atoms with Gasteiger partial charge in [0.25, 0.3) is 0 Å². The second-order valence-corrected chi connectivity index (χ2v) is 7.17. The number of nitrogens with zero attached hydrogens (tertiary/aromatic N) is 4. The number of imidazole rings is 1. The van der Waals surface area contributed by atoms with Crippen LogP contribution in [0, 0.1) is 11.8 Å².